The lowest BCUT2D eigenvalue weighted by atomic mass is 9.85. The van der Waals surface area contributed by atoms with Gasteiger partial charge in [0.05, 0.1) is 43.5 Å². The van der Waals surface area contributed by atoms with Crippen molar-refractivity contribution in [2.45, 2.75) is 37.6 Å². The van der Waals surface area contributed by atoms with Crippen LogP contribution >= 0.6 is 7.60 Å². The van der Waals surface area contributed by atoms with Crippen LogP contribution < -0.4 is 17.0 Å². The van der Waals surface area contributed by atoms with E-state index in [0.29, 0.717) is 19.4 Å². The highest BCUT2D eigenvalue weighted by molar-refractivity contribution is 7.53. The van der Waals surface area contributed by atoms with Gasteiger partial charge in [0.1, 0.15) is 0 Å². The van der Waals surface area contributed by atoms with E-state index in [1.807, 2.05) is 0 Å². The molecule has 0 saturated carbocycles. The van der Waals surface area contributed by atoms with Crippen LogP contribution in [0.2, 0.25) is 0 Å². The first-order valence-corrected chi connectivity index (χ1v) is 11.2. The van der Waals surface area contributed by atoms with Gasteiger partial charge in [0.2, 0.25) is 0 Å². The Morgan fingerprint density at radius 1 is 1.41 bits per heavy atom. The fourth-order valence-corrected chi connectivity index (χ4v) is 6.30. The van der Waals surface area contributed by atoms with Gasteiger partial charge in [0.25, 0.3) is 5.56 Å². The number of nitrogens with zero attached hydrogens (tertiary/aromatic N) is 1. The fourth-order valence-electron chi connectivity index (χ4n) is 4.14. The number of H-pyrrole nitrogens is 1. The summed E-state index contributed by atoms with van der Waals surface area (Å²) in [5.41, 5.74) is 4.30. The molecule has 3 N–H and O–H groups in total. The number of aromatic amines is 1. The first-order chi connectivity index (χ1) is 13.7. The minimum atomic E-state index is -3.43. The van der Waals surface area contributed by atoms with Gasteiger partial charge in [0.15, 0.2) is 6.23 Å². The summed E-state index contributed by atoms with van der Waals surface area (Å²) in [5, 5.41) is 0. The van der Waals surface area contributed by atoms with E-state index in [4.69, 9.17) is 24.3 Å². The van der Waals surface area contributed by atoms with Gasteiger partial charge < -0.3 is 24.3 Å². The summed E-state index contributed by atoms with van der Waals surface area (Å²) in [6.45, 7) is 2.23. The molecule has 12 heteroatoms. The number of hydrogen-bond donors (Lipinski definition) is 2. The Labute approximate surface area is 166 Å². The Morgan fingerprint density at radius 2 is 2.21 bits per heavy atom. The summed E-state index contributed by atoms with van der Waals surface area (Å²) in [6.07, 6.45) is 1.07. The molecule has 4 heterocycles. The van der Waals surface area contributed by atoms with Gasteiger partial charge in [-0.2, -0.15) is 0 Å². The van der Waals surface area contributed by atoms with Crippen LogP contribution in [0.4, 0.5) is 0 Å². The number of cyclic esters (lactones) is 1. The quantitative estimate of drug-likeness (QED) is 0.485. The molecular weight excluding hydrogens is 405 g/mol. The summed E-state index contributed by atoms with van der Waals surface area (Å²) >= 11 is 0. The predicted molar refractivity (Wildman–Crippen MR) is 99.4 cm³/mol. The Morgan fingerprint density at radius 3 is 2.90 bits per heavy atom. The molecule has 3 saturated heterocycles. The van der Waals surface area contributed by atoms with Crippen molar-refractivity contribution in [3.05, 3.63) is 33.1 Å². The minimum absolute atomic E-state index is 0.00874. The zero-order valence-electron chi connectivity index (χ0n) is 15.9. The number of nitrogens with two attached hydrogens (primary N) is 1. The van der Waals surface area contributed by atoms with Crippen LogP contribution in [0.1, 0.15) is 26.0 Å². The zero-order chi connectivity index (χ0) is 20.8. The number of carbonyl (C=O) groups is 1. The second-order valence-corrected chi connectivity index (χ2v) is 9.98. The highest BCUT2D eigenvalue weighted by atomic mass is 31.2. The Bertz CT molecular complexity index is 956. The van der Waals surface area contributed by atoms with Gasteiger partial charge in [-0.1, -0.05) is 0 Å². The van der Waals surface area contributed by atoms with Crippen molar-refractivity contribution in [2.75, 3.05) is 26.0 Å². The molecule has 160 valence electrons. The maximum absolute atomic E-state index is 13.1. The number of nitrogens with one attached hydrogen (secondary N) is 1. The van der Waals surface area contributed by atoms with Gasteiger partial charge in [0, 0.05) is 18.2 Å². The normalized spacial score (nSPS) is 39.3. The van der Waals surface area contributed by atoms with Gasteiger partial charge >= 0.3 is 19.3 Å². The van der Waals surface area contributed by atoms with Crippen LogP contribution in [0.5, 0.6) is 0 Å². The molecule has 6 atom stereocenters. The molecule has 0 aromatic carbocycles. The van der Waals surface area contributed by atoms with E-state index in [9.17, 15) is 18.9 Å². The minimum Gasteiger partial charge on any atom is -0.465 e. The first kappa shape index (κ1) is 20.5. The molecule has 4 rings (SSSR count). The van der Waals surface area contributed by atoms with Crippen LogP contribution in [-0.4, -0.2) is 53.1 Å². The molecule has 0 aliphatic carbocycles. The zero-order valence-corrected chi connectivity index (χ0v) is 16.8. The van der Waals surface area contributed by atoms with E-state index in [2.05, 4.69) is 4.98 Å². The molecule has 0 bridgehead atoms. The van der Waals surface area contributed by atoms with E-state index in [0.717, 1.165) is 0 Å². The third kappa shape index (κ3) is 3.85. The second-order valence-electron chi connectivity index (χ2n) is 7.88. The molecule has 11 nitrogen and oxygen atoms in total. The first-order valence-electron chi connectivity index (χ1n) is 9.50. The molecule has 1 aromatic rings. The lowest BCUT2D eigenvalue weighted by molar-refractivity contribution is -0.141. The molecule has 0 amide bonds. The average Bonchev–Trinajstić information content (AvgIpc) is 3.16. The molecule has 3 aliphatic rings. The molecule has 29 heavy (non-hydrogen) atoms. The second kappa shape index (κ2) is 7.48. The summed E-state index contributed by atoms with van der Waals surface area (Å²) in [5.74, 6) is -0.892. The summed E-state index contributed by atoms with van der Waals surface area (Å²) in [6, 6.07) is 1.21. The van der Waals surface area contributed by atoms with Crippen molar-refractivity contribution in [1.29, 1.82) is 0 Å². The molecule has 0 spiro atoms. The smallest absolute Gasteiger partial charge is 0.331 e. The monoisotopic (exact) mass is 429 g/mol. The number of esters is 1. The number of ether oxygens (including phenoxy) is 2. The number of carbonyl (C=O) groups excluding carboxylic acids is 1. The van der Waals surface area contributed by atoms with E-state index < -0.39 is 36.7 Å². The predicted octanol–water partition coefficient (Wildman–Crippen LogP) is -0.0393. The Hall–Kier alpha value is -1.78. The van der Waals surface area contributed by atoms with E-state index in [1.165, 1.54) is 16.8 Å². The van der Waals surface area contributed by atoms with Crippen molar-refractivity contribution in [1.82, 2.24) is 9.55 Å². The average molecular weight is 429 g/mol. The van der Waals surface area contributed by atoms with E-state index >= 15 is 0 Å². The number of fused-ring (bicyclic) bond motifs is 1. The standard InChI is InChI=1S/C17H24N3O8P/c1-17(18)11-9-29(24,26-7-4-10-3-6-25-14(10)22)27-8-12(11)28-15(17)20-5-2-13(21)19-16(20)23/h2,5,10-12,15H,3-4,6-9,18H2,1H3,(H,19,21,23)/t10?,11-,12-,15-,17-,29?/m1/s1. The van der Waals surface area contributed by atoms with Gasteiger partial charge in [-0.25, -0.2) is 4.79 Å². The van der Waals surface area contributed by atoms with Crippen molar-refractivity contribution >= 4 is 13.6 Å². The summed E-state index contributed by atoms with van der Waals surface area (Å²) < 4.78 is 36.2. The topological polar surface area (TPSA) is 152 Å². The highest BCUT2D eigenvalue weighted by Crippen LogP contribution is 2.58. The van der Waals surface area contributed by atoms with Crippen LogP contribution in [0, 0.1) is 11.8 Å². The Balaban J connectivity index is 1.45. The van der Waals surface area contributed by atoms with Crippen LogP contribution in [-0.2, 0) is 27.9 Å². The van der Waals surface area contributed by atoms with Gasteiger partial charge in [-0.15, -0.1) is 0 Å². The highest BCUT2D eigenvalue weighted by Gasteiger charge is 2.57. The lowest BCUT2D eigenvalue weighted by Crippen LogP contribution is -2.52. The molecular formula is C17H24N3O8P. The summed E-state index contributed by atoms with van der Waals surface area (Å²) in [7, 11) is -3.43. The van der Waals surface area contributed by atoms with Gasteiger partial charge in [-0.3, -0.25) is 23.7 Å². The molecule has 3 aliphatic heterocycles. The third-order valence-corrected chi connectivity index (χ3v) is 7.80. The van der Waals surface area contributed by atoms with Crippen molar-refractivity contribution < 1.29 is 27.9 Å². The molecule has 2 unspecified atom stereocenters. The van der Waals surface area contributed by atoms with Crippen molar-refractivity contribution in [3.63, 3.8) is 0 Å². The van der Waals surface area contributed by atoms with Crippen molar-refractivity contribution in [3.8, 4) is 0 Å². The number of hydrogen-bond acceptors (Lipinski definition) is 9. The molecule has 3 fully saturated rings. The van der Waals surface area contributed by atoms with Crippen LogP contribution in [0.15, 0.2) is 21.9 Å². The lowest BCUT2D eigenvalue weighted by Gasteiger charge is -2.36. The SMILES string of the molecule is C[C@@]1(N)[C@@H]2CP(=O)(OCCC3CCOC3=O)OC[C@H]2O[C@H]1n1ccc(=O)[nH]c1=O. The molecule has 1 aromatic heterocycles. The maximum Gasteiger partial charge on any atom is 0.331 e. The van der Waals surface area contributed by atoms with Crippen LogP contribution in [0.25, 0.3) is 0 Å². The largest absolute Gasteiger partial charge is 0.465 e. The van der Waals surface area contributed by atoms with Crippen LogP contribution in [0.3, 0.4) is 0 Å². The van der Waals surface area contributed by atoms with E-state index in [1.54, 1.807) is 6.92 Å². The van der Waals surface area contributed by atoms with Gasteiger partial charge in [-0.05, 0) is 19.8 Å². The molecule has 0 radical (unpaired) electrons. The maximum atomic E-state index is 13.1. The van der Waals surface area contributed by atoms with Crippen molar-refractivity contribution in [2.24, 2.45) is 17.6 Å². The summed E-state index contributed by atoms with van der Waals surface area (Å²) in [4.78, 5) is 37.2. The Kier molecular flexibility index (Phi) is 5.28. The number of aromatic nitrogens is 2. The fraction of sp³-hybridized carbons (Fsp3) is 0.706. The van der Waals surface area contributed by atoms with E-state index in [-0.39, 0.29) is 37.2 Å². The third-order valence-electron chi connectivity index (χ3n) is 5.84. The number of rotatable bonds is 5.